The van der Waals surface area contributed by atoms with E-state index in [9.17, 15) is 9.59 Å². The fraction of sp³-hybridized carbons (Fsp3) is 0.500. The molecular weight excluding hydrogens is 388 g/mol. The third-order valence-corrected chi connectivity index (χ3v) is 5.52. The summed E-state index contributed by atoms with van der Waals surface area (Å²) in [7, 11) is 3.31. The third kappa shape index (κ3) is 5.96. The number of anilines is 1. The second-order valence-corrected chi connectivity index (χ2v) is 7.57. The number of thioether (sulfide) groups is 1. The number of amides is 2. The number of rotatable bonds is 10. The highest BCUT2D eigenvalue weighted by atomic mass is 32.2. The molecule has 1 N–H and O–H groups in total. The predicted molar refractivity (Wildman–Crippen MR) is 117 cm³/mol. The fourth-order valence-electron chi connectivity index (χ4n) is 2.82. The minimum Gasteiger partial charge on any atom is -0.372 e. The number of hydrogen-bond donors (Lipinski definition) is 1. The summed E-state index contributed by atoms with van der Waals surface area (Å²) in [6.07, 6.45) is 0. The van der Waals surface area contributed by atoms with Gasteiger partial charge in [0.1, 0.15) is 0 Å². The lowest BCUT2D eigenvalue weighted by molar-refractivity contribution is -0.130. The molecule has 0 spiro atoms. The highest BCUT2D eigenvalue weighted by Crippen LogP contribution is 2.26. The molecule has 0 saturated carbocycles. The summed E-state index contributed by atoms with van der Waals surface area (Å²) >= 11 is 1.31. The normalized spacial score (nSPS) is 10.7. The van der Waals surface area contributed by atoms with Gasteiger partial charge < -0.3 is 19.7 Å². The van der Waals surface area contributed by atoms with E-state index < -0.39 is 0 Å². The summed E-state index contributed by atoms with van der Waals surface area (Å²) in [6.45, 7) is 8.92. The minimum atomic E-state index is -0.207. The van der Waals surface area contributed by atoms with Gasteiger partial charge in [-0.05, 0) is 45.0 Å². The average molecular weight is 419 g/mol. The van der Waals surface area contributed by atoms with Gasteiger partial charge in [-0.2, -0.15) is 0 Å². The lowest BCUT2D eigenvalue weighted by Crippen LogP contribution is -2.37. The van der Waals surface area contributed by atoms with Crippen LogP contribution in [0.3, 0.4) is 0 Å². The molecule has 0 aliphatic rings. The summed E-state index contributed by atoms with van der Waals surface area (Å²) in [5.74, 6) is 0.612. The maximum Gasteiger partial charge on any atom is 0.241 e. The van der Waals surface area contributed by atoms with Crippen molar-refractivity contribution >= 4 is 29.3 Å². The van der Waals surface area contributed by atoms with E-state index in [0.29, 0.717) is 11.7 Å². The van der Waals surface area contributed by atoms with E-state index in [2.05, 4.69) is 58.5 Å². The molecule has 0 aliphatic carbocycles. The Kier molecular flexibility index (Phi) is 8.50. The quantitative estimate of drug-likeness (QED) is 0.595. The molecule has 1 aromatic heterocycles. The van der Waals surface area contributed by atoms with Crippen LogP contribution in [0, 0.1) is 0 Å². The number of carbonyl (C=O) groups excluding carboxylic acids is 2. The molecule has 8 nitrogen and oxygen atoms in total. The van der Waals surface area contributed by atoms with Crippen LogP contribution in [0.1, 0.15) is 20.8 Å². The Labute approximate surface area is 176 Å². The first-order valence-corrected chi connectivity index (χ1v) is 10.8. The van der Waals surface area contributed by atoms with Gasteiger partial charge in [0.25, 0.3) is 0 Å². The highest BCUT2D eigenvalue weighted by molar-refractivity contribution is 7.99. The molecule has 1 aromatic carbocycles. The molecule has 2 amide bonds. The number of benzene rings is 1. The van der Waals surface area contributed by atoms with Crippen molar-refractivity contribution in [2.45, 2.75) is 32.5 Å². The maximum atomic E-state index is 12.0. The number of likely N-dealkylation sites (N-methyl/N-ethyl adjacent to an activating group) is 1. The van der Waals surface area contributed by atoms with Gasteiger partial charge in [-0.25, -0.2) is 0 Å². The average Bonchev–Trinajstić information content (AvgIpc) is 3.14. The Morgan fingerprint density at radius 1 is 1.07 bits per heavy atom. The SMILES string of the molecule is CCN(CC)c1ccc(-c2nnc(SCC(=O)NCC(=O)N(C)C)n2CC)cc1. The first kappa shape index (κ1) is 22.7. The second kappa shape index (κ2) is 10.8. The van der Waals surface area contributed by atoms with Crippen molar-refractivity contribution in [2.75, 3.05) is 44.4 Å². The van der Waals surface area contributed by atoms with Crippen LogP contribution in [0.5, 0.6) is 0 Å². The molecule has 9 heteroatoms. The molecule has 0 saturated heterocycles. The highest BCUT2D eigenvalue weighted by Gasteiger charge is 2.15. The number of carbonyl (C=O) groups is 2. The smallest absolute Gasteiger partial charge is 0.241 e. The van der Waals surface area contributed by atoms with Gasteiger partial charge in [0.15, 0.2) is 11.0 Å². The minimum absolute atomic E-state index is 0.00298. The van der Waals surface area contributed by atoms with Gasteiger partial charge >= 0.3 is 0 Å². The van der Waals surface area contributed by atoms with Gasteiger partial charge in [0.05, 0.1) is 12.3 Å². The van der Waals surface area contributed by atoms with Gasteiger partial charge in [-0.15, -0.1) is 10.2 Å². The molecule has 29 heavy (non-hydrogen) atoms. The number of nitrogens with one attached hydrogen (secondary N) is 1. The third-order valence-electron chi connectivity index (χ3n) is 4.56. The molecule has 0 radical (unpaired) electrons. The number of hydrogen-bond acceptors (Lipinski definition) is 6. The molecule has 158 valence electrons. The van der Waals surface area contributed by atoms with Crippen molar-refractivity contribution in [2.24, 2.45) is 0 Å². The topological polar surface area (TPSA) is 83.4 Å². The standard InChI is InChI=1S/C20H30N6O2S/c1-6-25(7-2)16-11-9-15(10-12-16)19-22-23-20(26(19)8-3)29-14-17(27)21-13-18(28)24(4)5/h9-12H,6-8,13-14H2,1-5H3,(H,21,27). The van der Waals surface area contributed by atoms with Crippen LogP contribution in [-0.4, -0.2) is 71.0 Å². The van der Waals surface area contributed by atoms with Crippen LogP contribution in [-0.2, 0) is 16.1 Å². The summed E-state index contributed by atoms with van der Waals surface area (Å²) < 4.78 is 2.00. The van der Waals surface area contributed by atoms with E-state index in [1.54, 1.807) is 14.1 Å². The Bertz CT molecular complexity index is 815. The van der Waals surface area contributed by atoms with Crippen LogP contribution in [0.15, 0.2) is 29.4 Å². The van der Waals surface area contributed by atoms with E-state index in [0.717, 1.165) is 24.5 Å². The van der Waals surface area contributed by atoms with Crippen LogP contribution < -0.4 is 10.2 Å². The Morgan fingerprint density at radius 3 is 2.28 bits per heavy atom. The van der Waals surface area contributed by atoms with Crippen molar-refractivity contribution in [3.8, 4) is 11.4 Å². The molecule has 2 aromatic rings. The molecule has 0 unspecified atom stereocenters. The zero-order chi connectivity index (χ0) is 21.4. The lowest BCUT2D eigenvalue weighted by Gasteiger charge is -2.21. The van der Waals surface area contributed by atoms with Crippen molar-refractivity contribution in [1.29, 1.82) is 0 Å². The van der Waals surface area contributed by atoms with Crippen molar-refractivity contribution in [1.82, 2.24) is 25.0 Å². The van der Waals surface area contributed by atoms with Crippen molar-refractivity contribution < 1.29 is 9.59 Å². The molecule has 0 fully saturated rings. The molecule has 0 aliphatic heterocycles. The molecule has 2 rings (SSSR count). The summed E-state index contributed by atoms with van der Waals surface area (Å²) in [5, 5.41) is 11.9. The van der Waals surface area contributed by atoms with Crippen LogP contribution in [0.2, 0.25) is 0 Å². The monoisotopic (exact) mass is 418 g/mol. The van der Waals surface area contributed by atoms with E-state index in [4.69, 9.17) is 0 Å². The fourth-order valence-corrected chi connectivity index (χ4v) is 3.65. The molecule has 0 atom stereocenters. The summed E-state index contributed by atoms with van der Waals surface area (Å²) in [5.41, 5.74) is 2.17. The van der Waals surface area contributed by atoms with E-state index in [-0.39, 0.29) is 24.1 Å². The first-order chi connectivity index (χ1) is 13.9. The lowest BCUT2D eigenvalue weighted by atomic mass is 10.2. The zero-order valence-electron chi connectivity index (χ0n) is 17.8. The maximum absolute atomic E-state index is 12.0. The Morgan fingerprint density at radius 2 is 1.72 bits per heavy atom. The zero-order valence-corrected chi connectivity index (χ0v) is 18.6. The number of nitrogens with zero attached hydrogens (tertiary/aromatic N) is 5. The molecule has 1 heterocycles. The van der Waals surface area contributed by atoms with E-state index >= 15 is 0 Å². The largest absolute Gasteiger partial charge is 0.372 e. The van der Waals surface area contributed by atoms with E-state index in [1.807, 2.05) is 11.5 Å². The van der Waals surface area contributed by atoms with Gasteiger partial charge in [0.2, 0.25) is 11.8 Å². The number of aromatic nitrogens is 3. The molecule has 0 bridgehead atoms. The first-order valence-electron chi connectivity index (χ1n) is 9.79. The van der Waals surface area contributed by atoms with Crippen LogP contribution in [0.25, 0.3) is 11.4 Å². The summed E-state index contributed by atoms with van der Waals surface area (Å²) in [4.78, 5) is 27.3. The molecular formula is C20H30N6O2S. The predicted octanol–water partition coefficient (Wildman–Crippen LogP) is 2.11. The van der Waals surface area contributed by atoms with Gasteiger partial charge in [0, 0.05) is 45.0 Å². The van der Waals surface area contributed by atoms with Crippen LogP contribution >= 0.6 is 11.8 Å². The Hall–Kier alpha value is -2.55. The van der Waals surface area contributed by atoms with Gasteiger partial charge in [-0.3, -0.25) is 9.59 Å². The van der Waals surface area contributed by atoms with E-state index in [1.165, 1.54) is 22.3 Å². The summed E-state index contributed by atoms with van der Waals surface area (Å²) in [6, 6.07) is 8.30. The Balaban J connectivity index is 2.04. The van der Waals surface area contributed by atoms with Crippen LogP contribution in [0.4, 0.5) is 5.69 Å². The van der Waals surface area contributed by atoms with Crippen molar-refractivity contribution in [3.63, 3.8) is 0 Å². The van der Waals surface area contributed by atoms with Crippen molar-refractivity contribution in [3.05, 3.63) is 24.3 Å². The second-order valence-electron chi connectivity index (χ2n) is 6.62. The van der Waals surface area contributed by atoms with Gasteiger partial charge in [-0.1, -0.05) is 11.8 Å².